The fourth-order valence-corrected chi connectivity index (χ4v) is 4.03. The molecule has 0 spiro atoms. The van der Waals surface area contributed by atoms with E-state index in [1.54, 1.807) is 17.6 Å². The molecule has 3 N–H and O–H groups in total. The number of hydrogen-bond donors (Lipinski definition) is 2. The van der Waals surface area contributed by atoms with E-state index < -0.39 is 5.91 Å². The van der Waals surface area contributed by atoms with Gasteiger partial charge < -0.3 is 11.1 Å². The third-order valence-electron chi connectivity index (χ3n) is 3.75. The van der Waals surface area contributed by atoms with Crippen molar-refractivity contribution in [3.05, 3.63) is 58.7 Å². The second kappa shape index (κ2) is 7.76. The number of nitrogens with one attached hydrogen (secondary N) is 1. The highest BCUT2D eigenvalue weighted by molar-refractivity contribution is 7.99. The van der Waals surface area contributed by atoms with Crippen LogP contribution in [0, 0.1) is 13.8 Å². The highest BCUT2D eigenvalue weighted by atomic mass is 32.2. The Bertz CT molecular complexity index is 962. The first-order valence-corrected chi connectivity index (χ1v) is 9.73. The van der Waals surface area contributed by atoms with Crippen LogP contribution in [0.3, 0.4) is 0 Å². The molecule has 0 atom stereocenters. The molecule has 134 valence electrons. The Labute approximate surface area is 159 Å². The van der Waals surface area contributed by atoms with Crippen LogP contribution in [0.25, 0.3) is 5.69 Å². The quantitative estimate of drug-likeness (QED) is 0.636. The molecule has 26 heavy (non-hydrogen) atoms. The van der Waals surface area contributed by atoms with E-state index in [1.807, 2.05) is 24.6 Å². The number of nitrogens with two attached hydrogens (primary N) is 1. The normalized spacial score (nSPS) is 10.7. The van der Waals surface area contributed by atoms with Crippen LogP contribution in [0.1, 0.15) is 21.5 Å². The van der Waals surface area contributed by atoms with Crippen LogP contribution in [0.15, 0.2) is 47.2 Å². The van der Waals surface area contributed by atoms with Gasteiger partial charge in [0.25, 0.3) is 5.91 Å². The number of rotatable bonds is 6. The van der Waals surface area contributed by atoms with Crippen molar-refractivity contribution < 1.29 is 9.59 Å². The van der Waals surface area contributed by atoms with Gasteiger partial charge in [-0.05, 0) is 42.5 Å². The molecule has 8 heteroatoms. The van der Waals surface area contributed by atoms with Crippen molar-refractivity contribution in [2.75, 3.05) is 11.1 Å². The SMILES string of the molecule is Cc1ccc(C)c(-n2ccnc2SCC(=O)Nc2sccc2C(N)=O)c1. The molecule has 0 aliphatic heterocycles. The zero-order valence-electron chi connectivity index (χ0n) is 14.4. The van der Waals surface area contributed by atoms with E-state index in [0.717, 1.165) is 22.0 Å². The largest absolute Gasteiger partial charge is 0.366 e. The number of benzene rings is 1. The Morgan fingerprint density at radius 1 is 1.31 bits per heavy atom. The summed E-state index contributed by atoms with van der Waals surface area (Å²) in [6.07, 6.45) is 3.60. The molecule has 3 rings (SSSR count). The maximum absolute atomic E-state index is 12.2. The fourth-order valence-electron chi connectivity index (χ4n) is 2.45. The average molecular weight is 387 g/mol. The molecule has 0 saturated carbocycles. The number of carbonyl (C=O) groups is 2. The number of nitrogens with zero attached hydrogens (tertiary/aromatic N) is 2. The molecule has 2 amide bonds. The highest BCUT2D eigenvalue weighted by Gasteiger charge is 2.14. The van der Waals surface area contributed by atoms with E-state index in [9.17, 15) is 9.59 Å². The number of carbonyl (C=O) groups excluding carboxylic acids is 2. The summed E-state index contributed by atoms with van der Waals surface area (Å²) in [6.45, 7) is 4.08. The Balaban J connectivity index is 1.70. The van der Waals surface area contributed by atoms with Crippen molar-refractivity contribution in [1.82, 2.24) is 9.55 Å². The van der Waals surface area contributed by atoms with E-state index in [4.69, 9.17) is 5.73 Å². The maximum atomic E-state index is 12.2. The monoisotopic (exact) mass is 386 g/mol. The van der Waals surface area contributed by atoms with E-state index in [2.05, 4.69) is 28.5 Å². The summed E-state index contributed by atoms with van der Waals surface area (Å²) in [6, 6.07) is 7.82. The summed E-state index contributed by atoms with van der Waals surface area (Å²) in [5, 5.41) is 5.66. The number of amides is 2. The molecule has 0 unspecified atom stereocenters. The second-order valence-electron chi connectivity index (χ2n) is 5.73. The van der Waals surface area contributed by atoms with Gasteiger partial charge in [-0.1, -0.05) is 23.9 Å². The van der Waals surface area contributed by atoms with Crippen LogP contribution in [0.4, 0.5) is 5.00 Å². The van der Waals surface area contributed by atoms with E-state index in [1.165, 1.54) is 23.1 Å². The summed E-state index contributed by atoms with van der Waals surface area (Å²) >= 11 is 2.61. The van der Waals surface area contributed by atoms with Gasteiger partial charge in [-0.3, -0.25) is 14.2 Å². The minimum Gasteiger partial charge on any atom is -0.366 e. The second-order valence-corrected chi connectivity index (χ2v) is 7.59. The first-order chi connectivity index (χ1) is 12.5. The number of aromatic nitrogens is 2. The maximum Gasteiger partial charge on any atom is 0.251 e. The first-order valence-electron chi connectivity index (χ1n) is 7.86. The summed E-state index contributed by atoms with van der Waals surface area (Å²) in [5.41, 5.74) is 8.95. The van der Waals surface area contributed by atoms with Gasteiger partial charge in [-0.25, -0.2) is 4.98 Å². The number of anilines is 1. The molecule has 0 fully saturated rings. The summed E-state index contributed by atoms with van der Waals surface area (Å²) < 4.78 is 1.97. The predicted octanol–water partition coefficient (Wildman–Crippen LogP) is 3.38. The Morgan fingerprint density at radius 3 is 2.88 bits per heavy atom. The third kappa shape index (κ3) is 3.97. The number of hydrogen-bond acceptors (Lipinski definition) is 5. The minimum absolute atomic E-state index is 0.179. The number of primary amides is 1. The lowest BCUT2D eigenvalue weighted by Crippen LogP contribution is -2.18. The van der Waals surface area contributed by atoms with Crippen molar-refractivity contribution in [3.63, 3.8) is 0 Å². The van der Waals surface area contributed by atoms with Crippen molar-refractivity contribution in [2.24, 2.45) is 5.73 Å². The zero-order valence-corrected chi connectivity index (χ0v) is 16.0. The molecule has 2 heterocycles. The van der Waals surface area contributed by atoms with Gasteiger partial charge in [0, 0.05) is 12.4 Å². The smallest absolute Gasteiger partial charge is 0.251 e. The Kier molecular flexibility index (Phi) is 5.43. The molecular formula is C18H18N4O2S2. The predicted molar refractivity (Wildman–Crippen MR) is 105 cm³/mol. The molecule has 0 aliphatic rings. The van der Waals surface area contributed by atoms with Gasteiger partial charge in [0.15, 0.2) is 5.16 Å². The third-order valence-corrected chi connectivity index (χ3v) is 5.54. The van der Waals surface area contributed by atoms with Gasteiger partial charge >= 0.3 is 0 Å². The highest BCUT2D eigenvalue weighted by Crippen LogP contribution is 2.25. The Hall–Kier alpha value is -2.58. The van der Waals surface area contributed by atoms with Gasteiger partial charge in [0.2, 0.25) is 5.91 Å². The molecular weight excluding hydrogens is 368 g/mol. The van der Waals surface area contributed by atoms with Crippen LogP contribution in [-0.2, 0) is 4.79 Å². The molecule has 6 nitrogen and oxygen atoms in total. The van der Waals surface area contributed by atoms with Gasteiger partial charge in [0.05, 0.1) is 17.0 Å². The van der Waals surface area contributed by atoms with Gasteiger partial charge in [0.1, 0.15) is 5.00 Å². The van der Waals surface area contributed by atoms with E-state index in [-0.39, 0.29) is 11.7 Å². The molecule has 0 saturated heterocycles. The fraction of sp³-hybridized carbons (Fsp3) is 0.167. The lowest BCUT2D eigenvalue weighted by molar-refractivity contribution is -0.113. The molecule has 0 aliphatic carbocycles. The number of thioether (sulfide) groups is 1. The van der Waals surface area contributed by atoms with E-state index in [0.29, 0.717) is 10.6 Å². The van der Waals surface area contributed by atoms with Gasteiger partial charge in [-0.15, -0.1) is 11.3 Å². The average Bonchev–Trinajstić information content (AvgIpc) is 3.24. The van der Waals surface area contributed by atoms with Crippen molar-refractivity contribution in [3.8, 4) is 5.69 Å². The summed E-state index contributed by atoms with van der Waals surface area (Å²) in [5.74, 6) is -0.590. The number of thiophene rings is 1. The minimum atomic E-state index is -0.556. The van der Waals surface area contributed by atoms with Crippen LogP contribution in [0.5, 0.6) is 0 Å². The van der Waals surface area contributed by atoms with Crippen LogP contribution in [-0.4, -0.2) is 27.1 Å². The van der Waals surface area contributed by atoms with Gasteiger partial charge in [-0.2, -0.15) is 0 Å². The zero-order chi connectivity index (χ0) is 18.7. The van der Waals surface area contributed by atoms with Crippen molar-refractivity contribution in [1.29, 1.82) is 0 Å². The van der Waals surface area contributed by atoms with Crippen molar-refractivity contribution in [2.45, 2.75) is 19.0 Å². The van der Waals surface area contributed by atoms with Crippen molar-refractivity contribution >= 4 is 39.9 Å². The standard InChI is InChI=1S/C18H18N4O2S2/c1-11-3-4-12(2)14(9-11)22-7-6-20-18(22)26-10-15(23)21-17-13(16(19)24)5-8-25-17/h3-9H,10H2,1-2H3,(H2,19,24)(H,21,23). The Morgan fingerprint density at radius 2 is 2.12 bits per heavy atom. The topological polar surface area (TPSA) is 90.0 Å². The molecule has 0 radical (unpaired) electrons. The number of aryl methyl sites for hydroxylation is 2. The summed E-state index contributed by atoms with van der Waals surface area (Å²) in [7, 11) is 0. The van der Waals surface area contributed by atoms with Crippen LogP contribution in [0.2, 0.25) is 0 Å². The molecule has 3 aromatic rings. The van der Waals surface area contributed by atoms with Crippen LogP contribution >= 0.6 is 23.1 Å². The molecule has 1 aromatic carbocycles. The summed E-state index contributed by atoms with van der Waals surface area (Å²) in [4.78, 5) is 27.9. The lowest BCUT2D eigenvalue weighted by Gasteiger charge is -2.11. The molecule has 0 bridgehead atoms. The molecule has 2 aromatic heterocycles. The van der Waals surface area contributed by atoms with E-state index >= 15 is 0 Å². The lowest BCUT2D eigenvalue weighted by atomic mass is 10.1. The van der Waals surface area contributed by atoms with Crippen LogP contribution < -0.4 is 11.1 Å². The number of imidazole rings is 1. The first kappa shape index (κ1) is 18.2.